The lowest BCUT2D eigenvalue weighted by Crippen LogP contribution is -2.61. The van der Waals surface area contributed by atoms with Crippen molar-refractivity contribution in [2.45, 2.75) is 212 Å². The topological polar surface area (TPSA) is 495 Å². The van der Waals surface area contributed by atoms with Gasteiger partial charge in [0.1, 0.15) is 54.6 Å². The van der Waals surface area contributed by atoms with E-state index in [9.17, 15) is 72.5 Å². The summed E-state index contributed by atoms with van der Waals surface area (Å²) >= 11 is 0. The van der Waals surface area contributed by atoms with Crippen molar-refractivity contribution in [3.8, 4) is 0 Å². The van der Waals surface area contributed by atoms with Crippen molar-refractivity contribution in [2.24, 2.45) is 46.6 Å². The van der Waals surface area contributed by atoms with Crippen LogP contribution in [0.15, 0.2) is 0 Å². The maximum absolute atomic E-state index is 14.2. The average molecular weight is 1160 g/mol. The number of aliphatic hydroxyl groups excluding tert-OH is 2. The molecule has 0 rings (SSSR count). The molecule has 20 N–H and O–H groups in total. The molecule has 0 saturated heterocycles. The fraction of sp³-hybridized carbons (Fsp3) is 0.750. The highest BCUT2D eigenvalue weighted by atomic mass is 16.4. The molecule has 0 fully saturated rings. The molecule has 0 spiro atoms. The van der Waals surface area contributed by atoms with Gasteiger partial charge in [-0.2, -0.15) is 0 Å². The van der Waals surface area contributed by atoms with E-state index in [0.29, 0.717) is 25.7 Å². The number of primary amides is 2. The van der Waals surface area contributed by atoms with Gasteiger partial charge in [-0.05, 0) is 94.9 Å². The van der Waals surface area contributed by atoms with Crippen LogP contribution in [-0.4, -0.2) is 172 Å². The molecule has 462 valence electrons. The van der Waals surface area contributed by atoms with E-state index in [0.717, 1.165) is 0 Å². The van der Waals surface area contributed by atoms with E-state index < -0.39 is 176 Å². The predicted octanol–water partition coefficient (Wildman–Crippen LogP) is -4.04. The molecular formula is C52H93N13O16. The number of carbonyl (C=O) groups is 13. The van der Waals surface area contributed by atoms with E-state index in [1.807, 2.05) is 0 Å². The first-order valence-corrected chi connectivity index (χ1v) is 27.5. The van der Waals surface area contributed by atoms with Crippen molar-refractivity contribution in [1.29, 1.82) is 0 Å². The largest absolute Gasteiger partial charge is 0.481 e. The van der Waals surface area contributed by atoms with Crippen molar-refractivity contribution in [2.75, 3.05) is 13.2 Å². The Kier molecular flexibility index (Phi) is 35.5. The number of amides is 11. The molecule has 29 nitrogen and oxygen atoms in total. The van der Waals surface area contributed by atoms with Gasteiger partial charge in [0.25, 0.3) is 0 Å². The highest BCUT2D eigenvalue weighted by Crippen LogP contribution is 2.14. The van der Waals surface area contributed by atoms with Crippen LogP contribution < -0.4 is 70.8 Å². The van der Waals surface area contributed by atoms with E-state index in [-0.39, 0.29) is 62.2 Å². The van der Waals surface area contributed by atoms with Crippen molar-refractivity contribution in [3.05, 3.63) is 0 Å². The van der Waals surface area contributed by atoms with Gasteiger partial charge < -0.3 is 90.9 Å². The zero-order valence-electron chi connectivity index (χ0n) is 48.3. The van der Waals surface area contributed by atoms with Crippen molar-refractivity contribution in [3.63, 3.8) is 0 Å². The van der Waals surface area contributed by atoms with E-state index in [1.165, 1.54) is 6.92 Å². The second kappa shape index (κ2) is 38.7. The number of hydrogen-bond acceptors (Lipinski definition) is 17. The molecule has 11 atom stereocenters. The minimum Gasteiger partial charge on any atom is -0.481 e. The number of rotatable bonds is 42. The highest BCUT2D eigenvalue weighted by molar-refractivity contribution is 5.99. The molecule has 0 aromatic heterocycles. The summed E-state index contributed by atoms with van der Waals surface area (Å²) in [5.41, 5.74) is 22.3. The first-order chi connectivity index (χ1) is 37.8. The van der Waals surface area contributed by atoms with Gasteiger partial charge in [0.15, 0.2) is 0 Å². The van der Waals surface area contributed by atoms with Gasteiger partial charge in [-0.1, -0.05) is 61.8 Å². The summed E-state index contributed by atoms with van der Waals surface area (Å²) in [6.45, 7) is 14.6. The summed E-state index contributed by atoms with van der Waals surface area (Å²) in [6, 6.07) is -14.3. The molecule has 0 heterocycles. The third-order valence-electron chi connectivity index (χ3n) is 12.3. The second-order valence-corrected chi connectivity index (χ2v) is 21.9. The van der Waals surface area contributed by atoms with Crippen LogP contribution in [0.3, 0.4) is 0 Å². The summed E-state index contributed by atoms with van der Waals surface area (Å²) in [5, 5.41) is 51.8. The van der Waals surface area contributed by atoms with Crippen LogP contribution in [0, 0.1) is 23.7 Å². The Morgan fingerprint density at radius 3 is 1.07 bits per heavy atom. The van der Waals surface area contributed by atoms with E-state index >= 15 is 0 Å². The minimum atomic E-state index is -1.67. The molecule has 29 heteroatoms. The number of carboxylic acids is 1. The summed E-state index contributed by atoms with van der Waals surface area (Å²) in [6.07, 6.45) is -2.52. The third kappa shape index (κ3) is 31.1. The zero-order chi connectivity index (χ0) is 62.3. The number of aldehydes is 1. The van der Waals surface area contributed by atoms with Gasteiger partial charge in [0, 0.05) is 19.3 Å². The lowest BCUT2D eigenvalue weighted by molar-refractivity contribution is -0.138. The number of unbranched alkanes of at least 4 members (excludes halogenated alkanes) is 1. The Balaban J connectivity index is 6.81. The highest BCUT2D eigenvalue weighted by Gasteiger charge is 2.37. The number of aliphatic hydroxyl groups is 2. The van der Waals surface area contributed by atoms with Gasteiger partial charge in [0.2, 0.25) is 65.0 Å². The lowest BCUT2D eigenvalue weighted by atomic mass is 9.98. The quantitative estimate of drug-likeness (QED) is 0.0204. The number of hydrogen-bond donors (Lipinski definition) is 16. The van der Waals surface area contributed by atoms with Crippen LogP contribution in [-0.2, 0) is 62.3 Å². The fourth-order valence-electron chi connectivity index (χ4n) is 8.05. The Hall–Kier alpha value is -6.85. The zero-order valence-corrected chi connectivity index (χ0v) is 48.3. The number of nitrogens with two attached hydrogens (primary N) is 4. The number of carbonyl (C=O) groups excluding carboxylic acids is 12. The summed E-state index contributed by atoms with van der Waals surface area (Å²) in [5.74, 6) is -12.5. The summed E-state index contributed by atoms with van der Waals surface area (Å²) in [4.78, 5) is 171. The molecule has 0 aliphatic rings. The van der Waals surface area contributed by atoms with E-state index in [1.54, 1.807) is 55.4 Å². The van der Waals surface area contributed by atoms with Crippen molar-refractivity contribution >= 4 is 77.2 Å². The predicted molar refractivity (Wildman–Crippen MR) is 295 cm³/mol. The standard InChI is InChI=1S/C52H93N13O16/c1-26(2)20-35(61-49(78)37(22-28(5)6)63-51(80)39(25-67)64-44(73)32(54)12-10-11-19-53)47(76)59-33(14-16-40(55)69)45(74)58-34(15-17-41(56)70)46(75)60-36(21-27(3)4)48(77)62-38(23-29(7)8)50(79)65-43(30(9)68)52(81)57-31(24-66)13-18-42(71)72/h24,26-39,43,67-68H,10-23,25,53-54H2,1-9H3,(H2,55,69)(H2,56,70)(H,57,81)(H,58,74)(H,59,76)(H,60,75)(H,61,78)(H,62,77)(H,63,80)(H,64,73)(H,65,79)(H,71,72)/t30-,31+,32+,33+,34+,35+,36+,37+,38+,39+,43+/m1/s1. The molecule has 0 aliphatic carbocycles. The molecule has 0 aliphatic heterocycles. The van der Waals surface area contributed by atoms with Gasteiger partial charge in [-0.3, -0.25) is 57.5 Å². The SMILES string of the molecule is CC(C)C[C@H](NC(=O)[C@H](CC(C)C)NC(=O)[C@H](CO)NC(=O)[C@@H](N)CCCCN)C(=O)N[C@@H](CCC(N)=O)C(=O)N[C@@H](CCC(N)=O)C(=O)N[C@@H](CC(C)C)C(=O)N[C@@H](CC(C)C)C(=O)N[C@H](C(=O)N[C@H](C=O)CCC(=O)O)[C@@H](C)O. The molecule has 81 heavy (non-hydrogen) atoms. The van der Waals surface area contributed by atoms with Crippen LogP contribution in [0.25, 0.3) is 0 Å². The van der Waals surface area contributed by atoms with Crippen LogP contribution in [0.2, 0.25) is 0 Å². The molecular weight excluding hydrogens is 1060 g/mol. The van der Waals surface area contributed by atoms with E-state index in [2.05, 4.69) is 47.9 Å². The summed E-state index contributed by atoms with van der Waals surface area (Å²) in [7, 11) is 0. The Morgan fingerprint density at radius 2 is 0.765 bits per heavy atom. The molecule has 0 aromatic carbocycles. The first-order valence-electron chi connectivity index (χ1n) is 27.5. The second-order valence-electron chi connectivity index (χ2n) is 21.9. The van der Waals surface area contributed by atoms with Gasteiger partial charge in [-0.25, -0.2) is 0 Å². The summed E-state index contributed by atoms with van der Waals surface area (Å²) < 4.78 is 0. The maximum atomic E-state index is 14.2. The minimum absolute atomic E-state index is 0.0270. The average Bonchev–Trinajstić information content (AvgIpc) is 3.36. The number of nitrogens with one attached hydrogen (secondary N) is 9. The van der Waals surface area contributed by atoms with Crippen LogP contribution in [0.5, 0.6) is 0 Å². The maximum Gasteiger partial charge on any atom is 0.303 e. The smallest absolute Gasteiger partial charge is 0.303 e. The molecule has 0 bridgehead atoms. The van der Waals surface area contributed by atoms with Crippen molar-refractivity contribution in [1.82, 2.24) is 47.9 Å². The Morgan fingerprint density at radius 1 is 0.432 bits per heavy atom. The molecule has 0 radical (unpaired) electrons. The normalized spacial score (nSPS) is 15.4. The lowest BCUT2D eigenvalue weighted by Gasteiger charge is -2.29. The fourth-order valence-corrected chi connectivity index (χ4v) is 8.05. The third-order valence-corrected chi connectivity index (χ3v) is 12.3. The molecule has 0 saturated carbocycles. The number of carboxylic acid groups (broad SMARTS) is 1. The van der Waals surface area contributed by atoms with Crippen LogP contribution in [0.4, 0.5) is 0 Å². The molecule has 0 aromatic rings. The number of aliphatic carboxylic acids is 1. The Labute approximate surface area is 473 Å². The van der Waals surface area contributed by atoms with Crippen molar-refractivity contribution < 1.29 is 77.6 Å². The first kappa shape index (κ1) is 74.1. The van der Waals surface area contributed by atoms with Crippen LogP contribution in [0.1, 0.15) is 146 Å². The van der Waals surface area contributed by atoms with Crippen LogP contribution >= 0.6 is 0 Å². The monoisotopic (exact) mass is 1160 g/mol. The molecule has 11 amide bonds. The molecule has 0 unspecified atom stereocenters. The van der Waals surface area contributed by atoms with Gasteiger partial charge >= 0.3 is 5.97 Å². The van der Waals surface area contributed by atoms with Gasteiger partial charge in [0.05, 0.1) is 24.8 Å². The van der Waals surface area contributed by atoms with E-state index in [4.69, 9.17) is 28.0 Å². The Bertz CT molecular complexity index is 2110. The van der Waals surface area contributed by atoms with Gasteiger partial charge in [-0.15, -0.1) is 0 Å².